The Morgan fingerprint density at radius 2 is 1.88 bits per heavy atom. The zero-order valence-electron chi connectivity index (χ0n) is 18.0. The topological polar surface area (TPSA) is 77.0 Å². The molecule has 1 atom stereocenters. The van der Waals surface area contributed by atoms with Crippen molar-refractivity contribution in [2.45, 2.75) is 19.0 Å². The SMILES string of the molecule is Cn1nccc1-c1ccc2c(c1)CN([C@H](CN)Cc1cccc(-c3cccnc3)c1)C2=O. The van der Waals surface area contributed by atoms with Gasteiger partial charge in [0.2, 0.25) is 0 Å². The van der Waals surface area contributed by atoms with Crippen molar-refractivity contribution in [2.24, 2.45) is 12.8 Å². The van der Waals surface area contributed by atoms with Crippen molar-refractivity contribution in [3.8, 4) is 22.4 Å². The van der Waals surface area contributed by atoms with Crippen LogP contribution in [0.15, 0.2) is 79.3 Å². The lowest BCUT2D eigenvalue weighted by atomic mass is 9.99. The second-order valence-electron chi connectivity index (χ2n) is 8.18. The molecule has 1 amide bonds. The molecular formula is C26H25N5O. The highest BCUT2D eigenvalue weighted by Crippen LogP contribution is 2.30. The molecule has 2 N–H and O–H groups in total. The molecule has 0 saturated heterocycles. The monoisotopic (exact) mass is 423 g/mol. The molecule has 6 nitrogen and oxygen atoms in total. The van der Waals surface area contributed by atoms with Gasteiger partial charge in [-0.25, -0.2) is 0 Å². The number of hydrogen-bond acceptors (Lipinski definition) is 4. The van der Waals surface area contributed by atoms with Gasteiger partial charge in [0.25, 0.3) is 5.91 Å². The van der Waals surface area contributed by atoms with Crippen molar-refractivity contribution in [1.82, 2.24) is 19.7 Å². The average molecular weight is 424 g/mol. The molecule has 0 unspecified atom stereocenters. The molecule has 2 aromatic carbocycles. The summed E-state index contributed by atoms with van der Waals surface area (Å²) in [6.07, 6.45) is 6.12. The number of benzene rings is 2. The van der Waals surface area contributed by atoms with E-state index in [-0.39, 0.29) is 11.9 Å². The standard InChI is InChI=1S/C26H25N5O/c1-30-25(9-11-29-30)20-7-8-24-22(14-20)17-31(26(24)32)23(15-27)13-18-4-2-5-19(12-18)21-6-3-10-28-16-21/h2-12,14,16,23H,13,15,17,27H2,1H3/t23-/m0/s1. The summed E-state index contributed by atoms with van der Waals surface area (Å²) in [7, 11) is 1.92. The van der Waals surface area contributed by atoms with Crippen molar-refractivity contribution >= 4 is 5.91 Å². The molecule has 0 saturated carbocycles. The van der Waals surface area contributed by atoms with Gasteiger partial charge in [0, 0.05) is 55.9 Å². The molecule has 1 aliphatic rings. The van der Waals surface area contributed by atoms with E-state index in [4.69, 9.17) is 5.73 Å². The van der Waals surface area contributed by atoms with E-state index < -0.39 is 0 Å². The van der Waals surface area contributed by atoms with Gasteiger partial charge in [-0.05, 0) is 52.9 Å². The fraction of sp³-hybridized carbons (Fsp3) is 0.192. The molecule has 0 spiro atoms. The first-order valence-electron chi connectivity index (χ1n) is 10.8. The summed E-state index contributed by atoms with van der Waals surface area (Å²) in [6.45, 7) is 0.982. The molecule has 0 bridgehead atoms. The van der Waals surface area contributed by atoms with Gasteiger partial charge in [-0.3, -0.25) is 14.5 Å². The van der Waals surface area contributed by atoms with Gasteiger partial charge >= 0.3 is 0 Å². The number of hydrogen-bond donors (Lipinski definition) is 1. The van der Waals surface area contributed by atoms with Crippen molar-refractivity contribution in [1.29, 1.82) is 0 Å². The van der Waals surface area contributed by atoms with Gasteiger partial charge in [-0.15, -0.1) is 0 Å². The van der Waals surface area contributed by atoms with E-state index in [1.165, 1.54) is 0 Å². The van der Waals surface area contributed by atoms with E-state index in [9.17, 15) is 4.79 Å². The summed E-state index contributed by atoms with van der Waals surface area (Å²) in [5, 5.41) is 4.25. The molecule has 5 rings (SSSR count). The number of carbonyl (C=O) groups is 1. The van der Waals surface area contributed by atoms with Crippen LogP contribution >= 0.6 is 0 Å². The highest BCUT2D eigenvalue weighted by molar-refractivity contribution is 5.99. The predicted octanol–water partition coefficient (Wildman–Crippen LogP) is 3.67. The number of rotatable bonds is 6. The van der Waals surface area contributed by atoms with Crippen molar-refractivity contribution < 1.29 is 4.79 Å². The van der Waals surface area contributed by atoms with Crippen molar-refractivity contribution in [3.63, 3.8) is 0 Å². The average Bonchev–Trinajstić information content (AvgIpc) is 3.41. The van der Waals surface area contributed by atoms with Gasteiger partial charge in [-0.1, -0.05) is 36.4 Å². The lowest BCUT2D eigenvalue weighted by molar-refractivity contribution is 0.0708. The Morgan fingerprint density at radius 3 is 2.62 bits per heavy atom. The predicted molar refractivity (Wildman–Crippen MR) is 125 cm³/mol. The second-order valence-corrected chi connectivity index (χ2v) is 8.18. The molecule has 0 fully saturated rings. The second kappa shape index (κ2) is 8.40. The lowest BCUT2D eigenvalue weighted by Gasteiger charge is -2.27. The Kier molecular flexibility index (Phi) is 5.29. The normalized spacial score (nSPS) is 13.9. The van der Waals surface area contributed by atoms with E-state index in [0.717, 1.165) is 39.1 Å². The van der Waals surface area contributed by atoms with Crippen LogP contribution in [0.4, 0.5) is 0 Å². The summed E-state index contributed by atoms with van der Waals surface area (Å²) in [5.41, 5.74) is 13.4. The number of carbonyl (C=O) groups excluding carboxylic acids is 1. The van der Waals surface area contributed by atoms with Gasteiger partial charge in [0.15, 0.2) is 0 Å². The van der Waals surface area contributed by atoms with Crippen LogP contribution in [-0.4, -0.2) is 38.2 Å². The van der Waals surface area contributed by atoms with E-state index in [0.29, 0.717) is 19.5 Å². The fourth-order valence-corrected chi connectivity index (χ4v) is 4.46. The molecule has 0 aliphatic carbocycles. The maximum atomic E-state index is 13.2. The molecule has 6 heteroatoms. The molecule has 32 heavy (non-hydrogen) atoms. The summed E-state index contributed by atoms with van der Waals surface area (Å²) >= 11 is 0. The van der Waals surface area contributed by atoms with Gasteiger partial charge in [-0.2, -0.15) is 5.10 Å². The molecule has 0 radical (unpaired) electrons. The van der Waals surface area contributed by atoms with Crippen molar-refractivity contribution in [2.75, 3.05) is 6.54 Å². The lowest BCUT2D eigenvalue weighted by Crippen LogP contribution is -2.42. The van der Waals surface area contributed by atoms with Gasteiger partial charge in [0.1, 0.15) is 0 Å². The number of amides is 1. The molecule has 2 aromatic heterocycles. The minimum atomic E-state index is -0.0702. The molecule has 3 heterocycles. The van der Waals surface area contributed by atoms with Crippen LogP contribution in [0.1, 0.15) is 21.5 Å². The Labute approximate surface area is 187 Å². The summed E-state index contributed by atoms with van der Waals surface area (Å²) in [5.74, 6) is 0.0513. The van der Waals surface area contributed by atoms with Crippen LogP contribution in [-0.2, 0) is 20.0 Å². The number of nitrogens with zero attached hydrogens (tertiary/aromatic N) is 4. The third kappa shape index (κ3) is 3.69. The van der Waals surface area contributed by atoms with E-state index in [2.05, 4.69) is 34.3 Å². The molecule has 160 valence electrons. The quantitative estimate of drug-likeness (QED) is 0.513. The van der Waals surface area contributed by atoms with E-state index >= 15 is 0 Å². The largest absolute Gasteiger partial charge is 0.330 e. The molecular weight excluding hydrogens is 398 g/mol. The highest BCUT2D eigenvalue weighted by atomic mass is 16.2. The van der Waals surface area contributed by atoms with E-state index in [1.807, 2.05) is 59.2 Å². The number of aromatic nitrogens is 3. The number of fused-ring (bicyclic) bond motifs is 1. The summed E-state index contributed by atoms with van der Waals surface area (Å²) < 4.78 is 1.84. The first-order valence-corrected chi connectivity index (χ1v) is 10.8. The smallest absolute Gasteiger partial charge is 0.254 e. The highest BCUT2D eigenvalue weighted by Gasteiger charge is 2.32. The number of aryl methyl sites for hydroxylation is 1. The first kappa shape index (κ1) is 20.2. The molecule has 4 aromatic rings. The minimum absolute atomic E-state index is 0.0513. The minimum Gasteiger partial charge on any atom is -0.330 e. The van der Waals surface area contributed by atoms with Crippen LogP contribution in [0.5, 0.6) is 0 Å². The Bertz CT molecular complexity index is 1260. The number of pyridine rings is 1. The Balaban J connectivity index is 1.38. The summed E-state index contributed by atoms with van der Waals surface area (Å²) in [6, 6.07) is 20.3. The van der Waals surface area contributed by atoms with Crippen LogP contribution in [0.3, 0.4) is 0 Å². The zero-order valence-corrected chi connectivity index (χ0v) is 18.0. The van der Waals surface area contributed by atoms with Crippen LogP contribution in [0.25, 0.3) is 22.4 Å². The zero-order chi connectivity index (χ0) is 22.1. The maximum Gasteiger partial charge on any atom is 0.254 e. The van der Waals surface area contributed by atoms with Gasteiger partial charge in [0.05, 0.1) is 5.69 Å². The Morgan fingerprint density at radius 1 is 1.00 bits per heavy atom. The summed E-state index contributed by atoms with van der Waals surface area (Å²) in [4.78, 5) is 19.3. The van der Waals surface area contributed by atoms with Crippen LogP contribution in [0, 0.1) is 0 Å². The van der Waals surface area contributed by atoms with E-state index in [1.54, 1.807) is 12.4 Å². The third-order valence-corrected chi connectivity index (χ3v) is 6.16. The Hall–Kier alpha value is -3.77. The molecule has 1 aliphatic heterocycles. The fourth-order valence-electron chi connectivity index (χ4n) is 4.46. The third-order valence-electron chi connectivity index (χ3n) is 6.16. The van der Waals surface area contributed by atoms with Gasteiger partial charge < -0.3 is 10.6 Å². The van der Waals surface area contributed by atoms with Crippen molar-refractivity contribution in [3.05, 3.63) is 95.9 Å². The first-order chi connectivity index (χ1) is 15.6. The maximum absolute atomic E-state index is 13.2. The number of nitrogens with two attached hydrogens (primary N) is 1. The van der Waals surface area contributed by atoms with Crippen LogP contribution in [0.2, 0.25) is 0 Å². The van der Waals surface area contributed by atoms with Crippen LogP contribution < -0.4 is 5.73 Å².